The Morgan fingerprint density at radius 1 is 1.14 bits per heavy atom. The maximum absolute atomic E-state index is 12.7. The lowest BCUT2D eigenvalue weighted by Crippen LogP contribution is -2.47. The van der Waals surface area contributed by atoms with Crippen molar-refractivity contribution >= 4 is 22.8 Å². The highest BCUT2D eigenvalue weighted by Gasteiger charge is 2.28. The molecule has 1 aromatic carbocycles. The number of amides is 1. The number of benzene rings is 1. The predicted octanol–water partition coefficient (Wildman–Crippen LogP) is 2.53. The first-order valence-corrected chi connectivity index (χ1v) is 9.77. The van der Waals surface area contributed by atoms with Crippen LogP contribution >= 0.6 is 0 Å². The molecule has 0 unspecified atom stereocenters. The summed E-state index contributed by atoms with van der Waals surface area (Å²) in [7, 11) is 0. The van der Waals surface area contributed by atoms with E-state index in [2.05, 4.69) is 4.98 Å². The third kappa shape index (κ3) is 3.66. The van der Waals surface area contributed by atoms with Crippen LogP contribution in [0, 0.1) is 0 Å². The maximum atomic E-state index is 12.7. The number of carbonyl (C=O) groups is 2. The molecule has 1 aliphatic rings. The predicted molar refractivity (Wildman–Crippen MR) is 106 cm³/mol. The Hall–Kier alpha value is -2.70. The van der Waals surface area contributed by atoms with Gasteiger partial charge in [-0.05, 0) is 59.2 Å². The molecule has 28 heavy (non-hydrogen) atoms. The minimum absolute atomic E-state index is 0.00795. The van der Waals surface area contributed by atoms with Crippen molar-refractivity contribution in [3.63, 3.8) is 0 Å². The fourth-order valence-corrected chi connectivity index (χ4v) is 3.80. The van der Waals surface area contributed by atoms with Gasteiger partial charge in [-0.15, -0.1) is 0 Å². The zero-order valence-corrected chi connectivity index (χ0v) is 17.1. The molecule has 7 heteroatoms. The summed E-state index contributed by atoms with van der Waals surface area (Å²) in [6.45, 7) is 9.98. The fraction of sp³-hybridized carbons (Fsp3) is 0.524. The fourth-order valence-electron chi connectivity index (χ4n) is 3.80. The van der Waals surface area contributed by atoms with Crippen LogP contribution < -0.4 is 5.56 Å². The molecule has 1 aliphatic heterocycles. The van der Waals surface area contributed by atoms with Gasteiger partial charge in [-0.25, -0.2) is 9.78 Å². The van der Waals surface area contributed by atoms with E-state index >= 15 is 0 Å². The van der Waals surface area contributed by atoms with Crippen LogP contribution in [0.3, 0.4) is 0 Å². The Bertz CT molecular complexity index is 970. The molecule has 0 fully saturated rings. The summed E-state index contributed by atoms with van der Waals surface area (Å²) in [6, 6.07) is 4.74. The van der Waals surface area contributed by atoms with E-state index in [1.54, 1.807) is 34.6 Å². The van der Waals surface area contributed by atoms with Gasteiger partial charge in [-0.1, -0.05) is 0 Å². The van der Waals surface area contributed by atoms with E-state index in [0.717, 1.165) is 18.7 Å². The van der Waals surface area contributed by atoms with Crippen LogP contribution in [0.1, 0.15) is 57.2 Å². The van der Waals surface area contributed by atoms with Crippen LogP contribution in [0.5, 0.6) is 0 Å². The van der Waals surface area contributed by atoms with Crippen molar-refractivity contribution < 1.29 is 14.3 Å². The van der Waals surface area contributed by atoms with Gasteiger partial charge >= 0.3 is 5.97 Å². The molecular weight excluding hydrogens is 358 g/mol. The average molecular weight is 385 g/mol. The molecule has 0 saturated heterocycles. The molecule has 2 aromatic rings. The van der Waals surface area contributed by atoms with E-state index in [9.17, 15) is 14.4 Å². The van der Waals surface area contributed by atoms with Crippen LogP contribution in [0.4, 0.5) is 0 Å². The Morgan fingerprint density at radius 3 is 2.46 bits per heavy atom. The highest BCUT2D eigenvalue weighted by Crippen LogP contribution is 2.18. The zero-order chi connectivity index (χ0) is 20.6. The lowest BCUT2D eigenvalue weighted by atomic mass is 10.1. The molecule has 1 aromatic heterocycles. The van der Waals surface area contributed by atoms with Gasteiger partial charge in [0.1, 0.15) is 5.82 Å². The summed E-state index contributed by atoms with van der Waals surface area (Å²) in [5, 5.41) is 0.483. The van der Waals surface area contributed by atoms with Gasteiger partial charge < -0.3 is 9.64 Å². The molecule has 0 bridgehead atoms. The van der Waals surface area contributed by atoms with E-state index in [1.807, 2.05) is 27.7 Å². The summed E-state index contributed by atoms with van der Waals surface area (Å²) in [6.07, 6.45) is 0.757. The van der Waals surface area contributed by atoms with Gasteiger partial charge in [0.25, 0.3) is 11.5 Å². The van der Waals surface area contributed by atoms with Gasteiger partial charge in [-0.3, -0.25) is 14.2 Å². The average Bonchev–Trinajstić information content (AvgIpc) is 3.09. The Kier molecular flexibility index (Phi) is 5.54. The van der Waals surface area contributed by atoms with Crippen molar-refractivity contribution in [3.05, 3.63) is 39.9 Å². The molecular formula is C21H27N3O4. The summed E-state index contributed by atoms with van der Waals surface area (Å²) >= 11 is 0. The lowest BCUT2D eigenvalue weighted by Gasteiger charge is -2.32. The third-order valence-corrected chi connectivity index (χ3v) is 5.05. The smallest absolute Gasteiger partial charge is 0.338 e. The van der Waals surface area contributed by atoms with E-state index in [-0.39, 0.29) is 29.1 Å². The largest absolute Gasteiger partial charge is 0.449 e. The molecule has 0 radical (unpaired) electrons. The molecule has 2 heterocycles. The molecule has 3 rings (SSSR count). The minimum atomic E-state index is -0.897. The number of esters is 1. The number of carbonyl (C=O) groups excluding carboxylic acids is 2. The first kappa shape index (κ1) is 20.0. The Balaban J connectivity index is 1.83. The second kappa shape index (κ2) is 7.73. The Morgan fingerprint density at radius 2 is 1.82 bits per heavy atom. The first-order valence-electron chi connectivity index (χ1n) is 9.77. The number of aromatic nitrogens is 2. The molecule has 0 aliphatic carbocycles. The molecule has 150 valence electrons. The van der Waals surface area contributed by atoms with Gasteiger partial charge in [0, 0.05) is 25.0 Å². The third-order valence-electron chi connectivity index (χ3n) is 5.05. The highest BCUT2D eigenvalue weighted by atomic mass is 16.5. The zero-order valence-electron chi connectivity index (χ0n) is 17.1. The number of hydrogen-bond donors (Lipinski definition) is 0. The number of nitrogens with zero attached hydrogens (tertiary/aromatic N) is 3. The van der Waals surface area contributed by atoms with Gasteiger partial charge in [-0.2, -0.15) is 0 Å². The highest BCUT2D eigenvalue weighted by molar-refractivity contribution is 5.95. The van der Waals surface area contributed by atoms with Crippen molar-refractivity contribution in [2.24, 2.45) is 0 Å². The maximum Gasteiger partial charge on any atom is 0.338 e. The summed E-state index contributed by atoms with van der Waals surface area (Å²) < 4.78 is 7.10. The van der Waals surface area contributed by atoms with Crippen molar-refractivity contribution in [1.29, 1.82) is 0 Å². The second-order valence-electron chi connectivity index (χ2n) is 7.80. The van der Waals surface area contributed by atoms with Crippen LogP contribution in [0.25, 0.3) is 10.9 Å². The summed E-state index contributed by atoms with van der Waals surface area (Å²) in [4.78, 5) is 44.0. The van der Waals surface area contributed by atoms with E-state index in [4.69, 9.17) is 4.74 Å². The molecule has 7 nitrogen and oxygen atoms in total. The van der Waals surface area contributed by atoms with E-state index < -0.39 is 12.1 Å². The standard InChI is InChI=1S/C21H27N3O4/c1-12(2)24(13(3)4)19(25)14(5)28-21(27)15-8-9-16-17(11-15)22-18-7-6-10-23(18)20(16)26/h8-9,11-14H,6-7,10H2,1-5H3/t14-/m1/s1. The molecule has 0 saturated carbocycles. The monoisotopic (exact) mass is 385 g/mol. The van der Waals surface area contributed by atoms with Crippen molar-refractivity contribution in [2.75, 3.05) is 0 Å². The van der Waals surface area contributed by atoms with Crippen LogP contribution in [-0.4, -0.2) is 44.5 Å². The van der Waals surface area contributed by atoms with Gasteiger partial charge in [0.05, 0.1) is 16.5 Å². The lowest BCUT2D eigenvalue weighted by molar-refractivity contribution is -0.143. The van der Waals surface area contributed by atoms with Crippen molar-refractivity contribution in [1.82, 2.24) is 14.5 Å². The van der Waals surface area contributed by atoms with Crippen LogP contribution in [-0.2, 0) is 22.5 Å². The van der Waals surface area contributed by atoms with Gasteiger partial charge in [0.2, 0.25) is 0 Å². The van der Waals surface area contributed by atoms with E-state index in [1.165, 1.54) is 0 Å². The van der Waals surface area contributed by atoms with Gasteiger partial charge in [0.15, 0.2) is 6.10 Å². The number of rotatable bonds is 5. The molecule has 1 amide bonds. The number of fused-ring (bicyclic) bond motifs is 2. The molecule has 1 atom stereocenters. The SMILES string of the molecule is CC(C)N(C(=O)[C@@H](C)OC(=O)c1ccc2c(=O)n3c(nc2c1)CCC3)C(C)C. The van der Waals surface area contributed by atoms with Crippen molar-refractivity contribution in [3.8, 4) is 0 Å². The second-order valence-corrected chi connectivity index (χ2v) is 7.80. The number of hydrogen-bond acceptors (Lipinski definition) is 5. The first-order chi connectivity index (χ1) is 13.2. The molecule has 0 spiro atoms. The van der Waals surface area contributed by atoms with Crippen molar-refractivity contribution in [2.45, 2.75) is 72.2 Å². The van der Waals surface area contributed by atoms with Crippen LogP contribution in [0.2, 0.25) is 0 Å². The topological polar surface area (TPSA) is 81.5 Å². The summed E-state index contributed by atoms with van der Waals surface area (Å²) in [5.41, 5.74) is 0.686. The van der Waals surface area contributed by atoms with Crippen LogP contribution in [0.15, 0.2) is 23.0 Å². The quantitative estimate of drug-likeness (QED) is 0.739. The normalized spacial score (nSPS) is 14.4. The van der Waals surface area contributed by atoms with E-state index in [0.29, 0.717) is 17.4 Å². The minimum Gasteiger partial charge on any atom is -0.449 e. The Labute approximate surface area is 164 Å². The molecule has 0 N–H and O–H groups in total. The summed E-state index contributed by atoms with van der Waals surface area (Å²) in [5.74, 6) is -0.0815. The number of ether oxygens (including phenoxy) is 1. The number of aryl methyl sites for hydroxylation is 1.